The molecule has 0 radical (unpaired) electrons. The third kappa shape index (κ3) is 27.7. The number of hydrogen-bond acceptors (Lipinski definition) is 10. The largest absolute Gasteiger partial charge is 0.479 e. The van der Waals surface area contributed by atoms with E-state index in [1.807, 2.05) is 18.2 Å². The van der Waals surface area contributed by atoms with Crippen molar-refractivity contribution < 1.29 is 53.8 Å². The molecule has 6 atom stereocenters. The second-order valence-electron chi connectivity index (χ2n) is 14.1. The highest BCUT2D eigenvalue weighted by Crippen LogP contribution is 2.23. The van der Waals surface area contributed by atoms with E-state index >= 15 is 0 Å². The van der Waals surface area contributed by atoms with E-state index in [9.17, 15) is 34.8 Å². The van der Waals surface area contributed by atoms with Gasteiger partial charge in [0.15, 0.2) is 18.5 Å². The van der Waals surface area contributed by atoms with Crippen LogP contribution in [-0.4, -0.2) is 88.4 Å². The van der Waals surface area contributed by atoms with Crippen LogP contribution in [0.4, 0.5) is 0 Å². The van der Waals surface area contributed by atoms with Crippen molar-refractivity contribution in [2.24, 2.45) is 0 Å². The molecular formula is C47H72O11. The van der Waals surface area contributed by atoms with Crippen molar-refractivity contribution in [3.8, 4) is 0 Å². The van der Waals surface area contributed by atoms with Crippen LogP contribution in [0.2, 0.25) is 0 Å². The number of unbranched alkanes of at least 4 members (excludes halogenated alkanes) is 7. The quantitative estimate of drug-likeness (QED) is 0.0284. The number of carboxylic acids is 1. The Kier molecular flexibility index (Phi) is 32.6. The summed E-state index contributed by atoms with van der Waals surface area (Å²) in [6, 6.07) is 0. The van der Waals surface area contributed by atoms with Crippen molar-refractivity contribution in [3.63, 3.8) is 0 Å². The van der Waals surface area contributed by atoms with Gasteiger partial charge < -0.3 is 39.4 Å². The van der Waals surface area contributed by atoms with Crippen LogP contribution in [0.25, 0.3) is 0 Å². The number of carbonyl (C=O) groups excluding carboxylic acids is 2. The average Bonchev–Trinajstić information content (AvgIpc) is 3.21. The summed E-state index contributed by atoms with van der Waals surface area (Å²) >= 11 is 0. The second-order valence-corrected chi connectivity index (χ2v) is 14.1. The number of esters is 2. The molecule has 1 rings (SSSR count). The van der Waals surface area contributed by atoms with Gasteiger partial charge in [0.25, 0.3) is 0 Å². The molecule has 326 valence electrons. The van der Waals surface area contributed by atoms with Gasteiger partial charge in [0, 0.05) is 6.42 Å². The minimum Gasteiger partial charge on any atom is -0.479 e. The minimum atomic E-state index is -1.88. The smallest absolute Gasteiger partial charge is 0.335 e. The highest BCUT2D eigenvalue weighted by molar-refractivity contribution is 5.73. The van der Waals surface area contributed by atoms with E-state index in [1.165, 1.54) is 0 Å². The Balaban J connectivity index is 2.47. The Morgan fingerprint density at radius 1 is 0.552 bits per heavy atom. The van der Waals surface area contributed by atoms with E-state index in [0.717, 1.165) is 89.9 Å². The average molecular weight is 813 g/mol. The van der Waals surface area contributed by atoms with Gasteiger partial charge in [-0.05, 0) is 70.6 Å². The molecule has 11 heteroatoms. The van der Waals surface area contributed by atoms with Gasteiger partial charge >= 0.3 is 17.9 Å². The fourth-order valence-electron chi connectivity index (χ4n) is 5.67. The molecule has 0 spiro atoms. The van der Waals surface area contributed by atoms with Crippen LogP contribution in [0.3, 0.4) is 0 Å². The van der Waals surface area contributed by atoms with Gasteiger partial charge in [0.2, 0.25) is 0 Å². The van der Waals surface area contributed by atoms with Gasteiger partial charge in [-0.1, -0.05) is 143 Å². The van der Waals surface area contributed by atoms with E-state index in [4.69, 9.17) is 18.9 Å². The van der Waals surface area contributed by atoms with Crippen molar-refractivity contribution in [1.29, 1.82) is 0 Å². The van der Waals surface area contributed by atoms with Crippen molar-refractivity contribution in [2.75, 3.05) is 13.2 Å². The second kappa shape index (κ2) is 36.2. The molecule has 0 aliphatic carbocycles. The first kappa shape index (κ1) is 52.1. The molecule has 0 aromatic heterocycles. The monoisotopic (exact) mass is 813 g/mol. The van der Waals surface area contributed by atoms with Crippen molar-refractivity contribution in [3.05, 3.63) is 97.2 Å². The molecule has 1 saturated heterocycles. The first-order valence-electron chi connectivity index (χ1n) is 21.3. The fraction of sp³-hybridized carbons (Fsp3) is 0.596. The van der Waals surface area contributed by atoms with Gasteiger partial charge in [-0.2, -0.15) is 0 Å². The minimum absolute atomic E-state index is 0.00437. The molecule has 1 fully saturated rings. The van der Waals surface area contributed by atoms with Crippen LogP contribution < -0.4 is 0 Å². The van der Waals surface area contributed by atoms with Crippen molar-refractivity contribution in [1.82, 2.24) is 0 Å². The molecule has 0 aromatic carbocycles. The summed E-state index contributed by atoms with van der Waals surface area (Å²) in [4.78, 5) is 36.7. The van der Waals surface area contributed by atoms with Gasteiger partial charge in [-0.15, -0.1) is 0 Å². The van der Waals surface area contributed by atoms with Gasteiger partial charge in [0.05, 0.1) is 13.0 Å². The zero-order chi connectivity index (χ0) is 42.5. The van der Waals surface area contributed by atoms with Crippen LogP contribution in [0.1, 0.15) is 129 Å². The number of rotatable bonds is 33. The number of carbonyl (C=O) groups is 3. The number of allylic oxidation sites excluding steroid dienone is 15. The van der Waals surface area contributed by atoms with Crippen LogP contribution in [0.5, 0.6) is 0 Å². The maximum atomic E-state index is 12.7. The lowest BCUT2D eigenvalue weighted by Crippen LogP contribution is -2.60. The lowest BCUT2D eigenvalue weighted by molar-refractivity contribution is -0.298. The Bertz CT molecular complexity index is 1330. The Morgan fingerprint density at radius 2 is 1.02 bits per heavy atom. The zero-order valence-electron chi connectivity index (χ0n) is 35.0. The molecule has 0 bridgehead atoms. The van der Waals surface area contributed by atoms with Gasteiger partial charge in [-0.3, -0.25) is 9.59 Å². The highest BCUT2D eigenvalue weighted by atomic mass is 16.7. The number of ether oxygens (including phenoxy) is 4. The van der Waals surface area contributed by atoms with Gasteiger partial charge in [0.1, 0.15) is 24.9 Å². The Labute approximate surface area is 347 Å². The van der Waals surface area contributed by atoms with Crippen molar-refractivity contribution in [2.45, 2.75) is 166 Å². The van der Waals surface area contributed by atoms with Crippen LogP contribution in [0, 0.1) is 0 Å². The first-order chi connectivity index (χ1) is 28.2. The third-order valence-electron chi connectivity index (χ3n) is 8.96. The molecule has 1 aliphatic heterocycles. The molecular weight excluding hydrogens is 741 g/mol. The highest BCUT2D eigenvalue weighted by Gasteiger charge is 2.47. The molecule has 1 aliphatic rings. The Hall–Kier alpha value is -3.87. The predicted octanol–water partition coefficient (Wildman–Crippen LogP) is 8.86. The molecule has 0 saturated carbocycles. The lowest BCUT2D eigenvalue weighted by atomic mass is 9.99. The molecule has 11 nitrogen and oxygen atoms in total. The molecule has 0 amide bonds. The van der Waals surface area contributed by atoms with Crippen LogP contribution >= 0.6 is 0 Å². The van der Waals surface area contributed by atoms with E-state index in [1.54, 1.807) is 6.08 Å². The third-order valence-corrected chi connectivity index (χ3v) is 8.96. The number of hydrogen-bond donors (Lipinski definition) is 4. The van der Waals surface area contributed by atoms with E-state index in [2.05, 4.69) is 86.8 Å². The normalized spacial score (nSPS) is 21.0. The summed E-state index contributed by atoms with van der Waals surface area (Å²) < 4.78 is 21.6. The van der Waals surface area contributed by atoms with E-state index in [0.29, 0.717) is 12.8 Å². The summed E-state index contributed by atoms with van der Waals surface area (Å²) in [6.07, 6.45) is 39.1. The molecule has 0 aromatic rings. The number of aliphatic hydroxyl groups excluding tert-OH is 3. The van der Waals surface area contributed by atoms with E-state index < -0.39 is 61.3 Å². The molecule has 6 unspecified atom stereocenters. The standard InChI is InChI=1S/C47H72O11/c1-3-5-7-9-11-13-15-17-19-20-22-24-26-28-30-32-34-36-41(49)57-39(38-56-47-44(52)42(50)43(51)45(58-47)46(53)54)37-55-40(48)35-33-31-29-27-25-23-21-18-16-14-12-10-8-6-4-2/h5-8,11-14,17-19,21,25,27,31,33,39,42-45,47,50-52H,3-4,9-10,15-16,20,22-24,26,28-30,32,34-38H2,1-2H3,(H,53,54)/b7-5-,8-6-,13-11-,14-12-,19-17-,21-18-,27-25-,33-31-. The maximum absolute atomic E-state index is 12.7. The summed E-state index contributed by atoms with van der Waals surface area (Å²) in [7, 11) is 0. The predicted molar refractivity (Wildman–Crippen MR) is 229 cm³/mol. The Morgan fingerprint density at radius 3 is 1.53 bits per heavy atom. The fourth-order valence-corrected chi connectivity index (χ4v) is 5.67. The lowest BCUT2D eigenvalue weighted by Gasteiger charge is -2.38. The van der Waals surface area contributed by atoms with Gasteiger partial charge in [-0.25, -0.2) is 4.79 Å². The number of carboxylic acid groups (broad SMARTS) is 1. The topological polar surface area (TPSA) is 169 Å². The number of aliphatic carboxylic acids is 1. The molecule has 58 heavy (non-hydrogen) atoms. The summed E-state index contributed by atoms with van der Waals surface area (Å²) in [5, 5.41) is 39.8. The molecule has 4 N–H and O–H groups in total. The first-order valence-corrected chi connectivity index (χ1v) is 21.3. The summed E-state index contributed by atoms with van der Waals surface area (Å²) in [6.45, 7) is 3.46. The maximum Gasteiger partial charge on any atom is 0.335 e. The number of aliphatic hydroxyl groups is 3. The van der Waals surface area contributed by atoms with Crippen LogP contribution in [-0.2, 0) is 33.3 Å². The van der Waals surface area contributed by atoms with Crippen LogP contribution in [0.15, 0.2) is 97.2 Å². The molecule has 1 heterocycles. The summed E-state index contributed by atoms with van der Waals surface area (Å²) in [5.74, 6) is -2.63. The SMILES string of the molecule is CC/C=C\C/C=C\C/C=C\C/C=C\C/C=C\CC(=O)OCC(COC1OC(C(=O)O)C(O)C(O)C1O)OC(=O)CCCCCCCCC/C=C\C/C=C\C/C=C\CC. The zero-order valence-corrected chi connectivity index (χ0v) is 35.0. The van der Waals surface area contributed by atoms with E-state index in [-0.39, 0.29) is 19.4 Å². The summed E-state index contributed by atoms with van der Waals surface area (Å²) in [5.41, 5.74) is 0. The van der Waals surface area contributed by atoms with Crippen molar-refractivity contribution >= 4 is 17.9 Å².